The largest absolute Gasteiger partial charge is 0.493 e. The minimum absolute atomic E-state index is 0.0117. The van der Waals surface area contributed by atoms with Crippen molar-refractivity contribution in [3.63, 3.8) is 0 Å². The van der Waals surface area contributed by atoms with Gasteiger partial charge in [0, 0.05) is 34.3 Å². The van der Waals surface area contributed by atoms with Gasteiger partial charge in [-0.15, -0.1) is 0 Å². The van der Waals surface area contributed by atoms with Crippen LogP contribution in [0.4, 0.5) is 0 Å². The SMILES string of the molecule is COC(=O)C1=C(C)NC2=C(C(=O)C[C@@H](c3ccc(OC)c(OC)c3)C2)[C@H]1c1cccc(Cl)c1. The van der Waals surface area contributed by atoms with Crippen LogP contribution in [0.25, 0.3) is 0 Å². The van der Waals surface area contributed by atoms with E-state index in [0.29, 0.717) is 46.2 Å². The number of nitrogens with one attached hydrogen (secondary N) is 1. The van der Waals surface area contributed by atoms with Gasteiger partial charge in [0.05, 0.1) is 26.9 Å². The van der Waals surface area contributed by atoms with Crippen molar-refractivity contribution < 1.29 is 23.8 Å². The second-order valence-electron chi connectivity index (χ2n) is 8.18. The Labute approximate surface area is 198 Å². The number of Topliss-reactive ketones (excluding diaryl/α,β-unsaturated/α-hetero) is 1. The summed E-state index contributed by atoms with van der Waals surface area (Å²) in [6, 6.07) is 13.0. The number of benzene rings is 2. The van der Waals surface area contributed by atoms with E-state index in [-0.39, 0.29) is 11.7 Å². The molecule has 172 valence electrons. The summed E-state index contributed by atoms with van der Waals surface area (Å²) in [5.74, 6) is 0.220. The summed E-state index contributed by atoms with van der Waals surface area (Å²) in [6.07, 6.45) is 0.944. The van der Waals surface area contributed by atoms with Crippen LogP contribution in [0.1, 0.15) is 42.7 Å². The van der Waals surface area contributed by atoms with E-state index in [9.17, 15) is 9.59 Å². The lowest BCUT2D eigenvalue weighted by molar-refractivity contribution is -0.136. The Morgan fingerprint density at radius 2 is 1.76 bits per heavy atom. The molecular weight excluding hydrogens is 442 g/mol. The van der Waals surface area contributed by atoms with Crippen LogP contribution in [-0.2, 0) is 14.3 Å². The molecule has 1 N–H and O–H groups in total. The molecular formula is C26H26ClNO5. The maximum atomic E-state index is 13.6. The van der Waals surface area contributed by atoms with E-state index in [1.165, 1.54) is 7.11 Å². The first-order valence-electron chi connectivity index (χ1n) is 10.7. The van der Waals surface area contributed by atoms with Gasteiger partial charge in [0.25, 0.3) is 0 Å². The number of ketones is 1. The summed E-state index contributed by atoms with van der Waals surface area (Å²) < 4.78 is 15.9. The number of ether oxygens (including phenoxy) is 3. The van der Waals surface area contributed by atoms with Crippen LogP contribution in [-0.4, -0.2) is 33.1 Å². The van der Waals surface area contributed by atoms with Crippen molar-refractivity contribution in [1.82, 2.24) is 5.32 Å². The number of hydrogen-bond donors (Lipinski definition) is 1. The van der Waals surface area contributed by atoms with Gasteiger partial charge in [-0.2, -0.15) is 0 Å². The van der Waals surface area contributed by atoms with Crippen molar-refractivity contribution >= 4 is 23.4 Å². The highest BCUT2D eigenvalue weighted by atomic mass is 35.5. The number of methoxy groups -OCH3 is 3. The first-order chi connectivity index (χ1) is 15.9. The molecule has 0 radical (unpaired) electrons. The maximum Gasteiger partial charge on any atom is 0.336 e. The summed E-state index contributed by atoms with van der Waals surface area (Å²) in [7, 11) is 4.53. The number of carbonyl (C=O) groups is 2. The highest BCUT2D eigenvalue weighted by Gasteiger charge is 2.41. The molecule has 0 aromatic heterocycles. The minimum atomic E-state index is -0.536. The molecule has 1 heterocycles. The lowest BCUT2D eigenvalue weighted by Crippen LogP contribution is -2.36. The maximum absolute atomic E-state index is 13.6. The average molecular weight is 468 g/mol. The van der Waals surface area contributed by atoms with Crippen molar-refractivity contribution in [2.45, 2.75) is 31.6 Å². The molecule has 2 aromatic carbocycles. The second kappa shape index (κ2) is 9.32. The van der Waals surface area contributed by atoms with Gasteiger partial charge < -0.3 is 19.5 Å². The van der Waals surface area contributed by atoms with E-state index in [1.54, 1.807) is 26.4 Å². The third-order valence-corrected chi connectivity index (χ3v) is 6.53. The molecule has 2 aromatic rings. The van der Waals surface area contributed by atoms with Gasteiger partial charge in [0.15, 0.2) is 17.3 Å². The highest BCUT2D eigenvalue weighted by Crippen LogP contribution is 2.46. The molecule has 7 heteroatoms. The first kappa shape index (κ1) is 22.9. The van der Waals surface area contributed by atoms with Gasteiger partial charge in [-0.1, -0.05) is 29.8 Å². The van der Waals surface area contributed by atoms with Gasteiger partial charge in [-0.3, -0.25) is 4.79 Å². The Hall–Kier alpha value is -3.25. The third kappa shape index (κ3) is 4.23. The molecule has 0 unspecified atom stereocenters. The molecule has 0 bridgehead atoms. The van der Waals surface area contributed by atoms with E-state index < -0.39 is 11.9 Å². The van der Waals surface area contributed by atoms with Crippen LogP contribution in [0, 0.1) is 0 Å². The van der Waals surface area contributed by atoms with Crippen molar-refractivity contribution in [1.29, 1.82) is 0 Å². The summed E-state index contributed by atoms with van der Waals surface area (Å²) in [6.45, 7) is 1.83. The molecule has 4 rings (SSSR count). The quantitative estimate of drug-likeness (QED) is 0.631. The van der Waals surface area contributed by atoms with E-state index >= 15 is 0 Å². The highest BCUT2D eigenvalue weighted by molar-refractivity contribution is 6.30. The molecule has 6 nitrogen and oxygen atoms in total. The van der Waals surface area contributed by atoms with Crippen molar-refractivity contribution in [2.75, 3.05) is 21.3 Å². The lowest BCUT2D eigenvalue weighted by Gasteiger charge is -2.36. The molecule has 0 saturated carbocycles. The molecule has 0 amide bonds. The van der Waals surface area contributed by atoms with Gasteiger partial charge in [0.2, 0.25) is 0 Å². The Kier molecular flexibility index (Phi) is 6.47. The van der Waals surface area contributed by atoms with Crippen LogP contribution < -0.4 is 14.8 Å². The Morgan fingerprint density at radius 3 is 2.42 bits per heavy atom. The van der Waals surface area contributed by atoms with Gasteiger partial charge in [0.1, 0.15) is 0 Å². The van der Waals surface area contributed by atoms with E-state index in [0.717, 1.165) is 16.8 Å². The van der Waals surface area contributed by atoms with Crippen molar-refractivity contribution in [3.05, 3.63) is 81.2 Å². The van der Waals surface area contributed by atoms with Crippen LogP contribution in [0.15, 0.2) is 65.0 Å². The number of rotatable bonds is 5. The Balaban J connectivity index is 1.78. The molecule has 2 aliphatic rings. The van der Waals surface area contributed by atoms with Crippen LogP contribution in [0.3, 0.4) is 0 Å². The molecule has 33 heavy (non-hydrogen) atoms. The van der Waals surface area contributed by atoms with Crippen molar-refractivity contribution in [2.24, 2.45) is 0 Å². The fourth-order valence-corrected chi connectivity index (χ4v) is 4.98. The summed E-state index contributed by atoms with van der Waals surface area (Å²) in [4.78, 5) is 26.3. The van der Waals surface area contributed by atoms with Crippen LogP contribution in [0.2, 0.25) is 5.02 Å². The number of carbonyl (C=O) groups excluding carboxylic acids is 2. The van der Waals surface area contributed by atoms with Crippen LogP contribution >= 0.6 is 11.6 Å². The monoisotopic (exact) mass is 467 g/mol. The topological polar surface area (TPSA) is 73.9 Å². The summed E-state index contributed by atoms with van der Waals surface area (Å²) in [5.41, 5.74) is 4.30. The fraction of sp³-hybridized carbons (Fsp3) is 0.308. The van der Waals surface area contributed by atoms with E-state index in [2.05, 4.69) is 5.32 Å². The standard InChI is InChI=1S/C26H26ClNO5/c1-14-23(26(30)33-4)24(16-6-5-7-18(27)10-16)25-19(28-14)11-17(12-20(25)29)15-8-9-21(31-2)22(13-15)32-3/h5-10,13,17,24,28H,11-12H2,1-4H3/t17-,24-/m0/s1. The minimum Gasteiger partial charge on any atom is -0.493 e. The zero-order valence-corrected chi connectivity index (χ0v) is 19.8. The lowest BCUT2D eigenvalue weighted by atomic mass is 9.71. The molecule has 2 atom stereocenters. The van der Waals surface area contributed by atoms with Crippen molar-refractivity contribution in [3.8, 4) is 11.5 Å². The van der Waals surface area contributed by atoms with Gasteiger partial charge >= 0.3 is 5.97 Å². The van der Waals surface area contributed by atoms with E-state index in [4.69, 9.17) is 25.8 Å². The fourth-order valence-electron chi connectivity index (χ4n) is 4.78. The first-order valence-corrected chi connectivity index (χ1v) is 11.1. The van der Waals surface area contributed by atoms with Crippen LogP contribution in [0.5, 0.6) is 11.5 Å². The predicted molar refractivity (Wildman–Crippen MR) is 126 cm³/mol. The zero-order valence-electron chi connectivity index (χ0n) is 19.0. The second-order valence-corrected chi connectivity index (χ2v) is 8.61. The number of hydrogen-bond acceptors (Lipinski definition) is 6. The number of esters is 1. The molecule has 0 spiro atoms. The number of dihydropyridines is 1. The number of halogens is 1. The zero-order chi connectivity index (χ0) is 23.7. The molecule has 1 aliphatic carbocycles. The molecule has 0 fully saturated rings. The normalized spacial score (nSPS) is 20.2. The number of allylic oxidation sites excluding steroid dienone is 3. The third-order valence-electron chi connectivity index (χ3n) is 6.29. The molecule has 0 saturated heterocycles. The smallest absolute Gasteiger partial charge is 0.336 e. The van der Waals surface area contributed by atoms with Gasteiger partial charge in [-0.05, 0) is 54.7 Å². The Morgan fingerprint density at radius 1 is 1.00 bits per heavy atom. The Bertz CT molecular complexity index is 1180. The van der Waals surface area contributed by atoms with Gasteiger partial charge in [-0.25, -0.2) is 4.79 Å². The average Bonchev–Trinajstić information content (AvgIpc) is 2.82. The summed E-state index contributed by atoms with van der Waals surface area (Å²) >= 11 is 6.26. The summed E-state index contributed by atoms with van der Waals surface area (Å²) in [5, 5.41) is 3.87. The predicted octanol–water partition coefficient (Wildman–Crippen LogP) is 4.89. The van der Waals surface area contributed by atoms with E-state index in [1.807, 2.05) is 37.3 Å². The molecule has 1 aliphatic heterocycles.